The third-order valence-electron chi connectivity index (χ3n) is 6.73. The van der Waals surface area contributed by atoms with E-state index in [-0.39, 0.29) is 29.2 Å². The summed E-state index contributed by atoms with van der Waals surface area (Å²) in [7, 11) is 0. The summed E-state index contributed by atoms with van der Waals surface area (Å²) in [5.74, 6) is -0.269. The Hall–Kier alpha value is -2.79. The van der Waals surface area contributed by atoms with Crippen molar-refractivity contribution in [1.29, 1.82) is 0 Å². The number of alkyl halides is 3. The molecule has 39 heavy (non-hydrogen) atoms. The van der Waals surface area contributed by atoms with Gasteiger partial charge in [0, 0.05) is 42.3 Å². The van der Waals surface area contributed by atoms with Crippen LogP contribution in [0.3, 0.4) is 0 Å². The molecule has 0 radical (unpaired) electrons. The quantitative estimate of drug-likeness (QED) is 0.345. The van der Waals surface area contributed by atoms with Crippen LogP contribution in [-0.4, -0.2) is 64.1 Å². The van der Waals surface area contributed by atoms with Gasteiger partial charge in [-0.3, -0.25) is 19.4 Å². The molecule has 2 saturated heterocycles. The van der Waals surface area contributed by atoms with E-state index in [0.717, 1.165) is 22.7 Å². The lowest BCUT2D eigenvalue weighted by Crippen LogP contribution is -2.55. The average Bonchev–Trinajstić information content (AvgIpc) is 3.14. The highest BCUT2D eigenvalue weighted by Gasteiger charge is 2.51. The maximum absolute atomic E-state index is 13.7. The molecule has 2 fully saturated rings. The molecule has 2 aliphatic rings. The number of hydrogen-bond donors (Lipinski definition) is 0. The lowest BCUT2D eigenvalue weighted by molar-refractivity contribution is -0.140. The topological polar surface area (TPSA) is 56.8 Å². The number of thioether (sulfide) groups is 1. The van der Waals surface area contributed by atoms with Crippen molar-refractivity contribution in [3.8, 4) is 0 Å². The predicted molar refractivity (Wildman–Crippen MR) is 145 cm³/mol. The van der Waals surface area contributed by atoms with Crippen LogP contribution >= 0.6 is 35.0 Å². The summed E-state index contributed by atoms with van der Waals surface area (Å²) < 4.78 is 39.1. The van der Waals surface area contributed by atoms with Crippen LogP contribution in [0.25, 0.3) is 0 Å². The number of amides is 2. The van der Waals surface area contributed by atoms with Gasteiger partial charge in [-0.1, -0.05) is 53.5 Å². The second-order valence-corrected chi connectivity index (χ2v) is 11.3. The van der Waals surface area contributed by atoms with Gasteiger partial charge in [-0.25, -0.2) is 4.98 Å². The van der Waals surface area contributed by atoms with E-state index in [9.17, 15) is 22.8 Å². The number of hydrogen-bond acceptors (Lipinski definition) is 6. The summed E-state index contributed by atoms with van der Waals surface area (Å²) in [5.41, 5.74) is -0.0616. The highest BCUT2D eigenvalue weighted by atomic mass is 35.5. The monoisotopic (exact) mass is 594 g/mol. The number of imide groups is 1. The van der Waals surface area contributed by atoms with Gasteiger partial charge in [-0.05, 0) is 35.9 Å². The van der Waals surface area contributed by atoms with Crippen LogP contribution in [0, 0.1) is 0 Å². The smallest absolute Gasteiger partial charge is 0.353 e. The number of likely N-dealkylation sites (tertiary alicyclic amines) is 1. The zero-order valence-electron chi connectivity index (χ0n) is 20.4. The zero-order valence-corrected chi connectivity index (χ0v) is 22.8. The third-order valence-corrected chi connectivity index (χ3v) is 8.52. The largest absolute Gasteiger partial charge is 0.417 e. The van der Waals surface area contributed by atoms with Gasteiger partial charge >= 0.3 is 6.18 Å². The Morgan fingerprint density at radius 3 is 2.21 bits per heavy atom. The van der Waals surface area contributed by atoms with Crippen molar-refractivity contribution in [2.45, 2.75) is 28.9 Å². The lowest BCUT2D eigenvalue weighted by Gasteiger charge is -2.39. The van der Waals surface area contributed by atoms with Crippen LogP contribution in [0.4, 0.5) is 19.0 Å². The van der Waals surface area contributed by atoms with Crippen LogP contribution in [0.1, 0.15) is 11.1 Å². The van der Waals surface area contributed by atoms with Crippen LogP contribution < -0.4 is 4.90 Å². The number of piperazine rings is 1. The molecule has 0 saturated carbocycles. The maximum Gasteiger partial charge on any atom is 0.417 e. The first-order chi connectivity index (χ1) is 18.6. The molecule has 5 rings (SSSR count). The Bertz CT molecular complexity index is 1350. The van der Waals surface area contributed by atoms with E-state index in [1.165, 1.54) is 16.7 Å². The van der Waals surface area contributed by atoms with Gasteiger partial charge in [0.1, 0.15) is 17.1 Å². The fourth-order valence-electron chi connectivity index (χ4n) is 4.76. The van der Waals surface area contributed by atoms with Crippen molar-refractivity contribution >= 4 is 52.6 Å². The van der Waals surface area contributed by atoms with E-state index in [2.05, 4.69) is 4.98 Å². The summed E-state index contributed by atoms with van der Waals surface area (Å²) in [6, 6.07) is 16.6. The van der Waals surface area contributed by atoms with Gasteiger partial charge in [0.25, 0.3) is 0 Å². The molecule has 3 aromatic rings. The number of benzene rings is 2. The first kappa shape index (κ1) is 27.8. The minimum atomic E-state index is -4.54. The summed E-state index contributed by atoms with van der Waals surface area (Å²) in [5, 5.41) is -0.181. The zero-order chi connectivity index (χ0) is 27.7. The van der Waals surface area contributed by atoms with E-state index >= 15 is 0 Å². The molecule has 2 aromatic carbocycles. The molecule has 12 heteroatoms. The molecule has 0 aliphatic carbocycles. The van der Waals surface area contributed by atoms with Crippen molar-refractivity contribution in [1.82, 2.24) is 14.8 Å². The average molecular weight is 595 g/mol. The molecule has 0 spiro atoms. The van der Waals surface area contributed by atoms with E-state index in [0.29, 0.717) is 31.2 Å². The van der Waals surface area contributed by atoms with Gasteiger partial charge in [0.2, 0.25) is 11.8 Å². The molecule has 2 amide bonds. The number of pyridine rings is 1. The second-order valence-electron chi connectivity index (χ2n) is 9.24. The molecule has 0 N–H and O–H groups in total. The maximum atomic E-state index is 13.7. The Morgan fingerprint density at radius 1 is 0.923 bits per heavy atom. The van der Waals surface area contributed by atoms with Crippen molar-refractivity contribution in [3.63, 3.8) is 0 Å². The highest BCUT2D eigenvalue weighted by molar-refractivity contribution is 8.00. The standard InChI is InChI=1S/C27H23Cl2F3N4O2S/c28-19-6-8-20(9-7-19)39-23-22(25(37)36(26(23)38)16-17-4-2-1-3-5-17)34-10-12-35(13-11-34)24-21(29)14-18(15-33-24)27(30,31)32/h1-9,14-15,22-23H,10-13,16H2/t22-,23+/m0/s1. The summed E-state index contributed by atoms with van der Waals surface area (Å²) in [6.45, 7) is 1.75. The number of aromatic nitrogens is 1. The van der Waals surface area contributed by atoms with Crippen LogP contribution in [0.15, 0.2) is 71.8 Å². The third kappa shape index (κ3) is 6.04. The van der Waals surface area contributed by atoms with E-state index in [1.807, 2.05) is 47.4 Å². The number of nitrogens with zero attached hydrogens (tertiary/aromatic N) is 4. The van der Waals surface area contributed by atoms with E-state index in [4.69, 9.17) is 23.2 Å². The van der Waals surface area contributed by atoms with E-state index in [1.54, 1.807) is 17.0 Å². The number of carbonyl (C=O) groups excluding carboxylic acids is 2. The SMILES string of the molecule is O=C1[C@@H](N2CCN(c3ncc(C(F)(F)F)cc3Cl)CC2)[C@@H](Sc2ccc(Cl)cc2)C(=O)N1Cc1ccccc1. The normalized spacial score (nSPS) is 20.6. The minimum Gasteiger partial charge on any atom is -0.353 e. The summed E-state index contributed by atoms with van der Waals surface area (Å²) >= 11 is 13.5. The number of carbonyl (C=O) groups is 2. The Labute approximate surface area is 237 Å². The molecule has 3 heterocycles. The van der Waals surface area contributed by atoms with Crippen molar-refractivity contribution < 1.29 is 22.8 Å². The molecule has 0 bridgehead atoms. The Balaban J connectivity index is 1.35. The molecule has 2 atom stereocenters. The fraction of sp³-hybridized carbons (Fsp3) is 0.296. The molecule has 6 nitrogen and oxygen atoms in total. The number of rotatable bonds is 6. The van der Waals surface area contributed by atoms with Gasteiger partial charge in [0.15, 0.2) is 0 Å². The molecule has 1 aromatic heterocycles. The molecular weight excluding hydrogens is 572 g/mol. The van der Waals surface area contributed by atoms with Crippen molar-refractivity contribution in [2.75, 3.05) is 31.1 Å². The molecule has 0 unspecified atom stereocenters. The highest BCUT2D eigenvalue weighted by Crippen LogP contribution is 2.37. The minimum absolute atomic E-state index is 0.0874. The van der Waals surface area contributed by atoms with Crippen LogP contribution in [0.5, 0.6) is 0 Å². The first-order valence-electron chi connectivity index (χ1n) is 12.1. The van der Waals surface area contributed by atoms with Crippen molar-refractivity contribution in [3.05, 3.63) is 88.0 Å². The van der Waals surface area contributed by atoms with Gasteiger partial charge in [-0.2, -0.15) is 13.2 Å². The van der Waals surface area contributed by atoms with Crippen molar-refractivity contribution in [2.24, 2.45) is 0 Å². The molecular formula is C27H23Cl2F3N4O2S. The predicted octanol–water partition coefficient (Wildman–Crippen LogP) is 5.63. The second kappa shape index (κ2) is 11.4. The van der Waals surface area contributed by atoms with E-state index < -0.39 is 23.0 Å². The number of anilines is 1. The Morgan fingerprint density at radius 2 is 1.59 bits per heavy atom. The van der Waals surface area contributed by atoms with Crippen LogP contribution in [-0.2, 0) is 22.3 Å². The first-order valence-corrected chi connectivity index (χ1v) is 13.8. The van der Waals surface area contributed by atoms with Crippen LogP contribution in [0.2, 0.25) is 10.0 Å². The van der Waals surface area contributed by atoms with Gasteiger partial charge < -0.3 is 4.90 Å². The Kier molecular flexibility index (Phi) is 8.09. The fourth-order valence-corrected chi connectivity index (χ4v) is 6.40. The number of halogens is 5. The molecule has 204 valence electrons. The lowest BCUT2D eigenvalue weighted by atomic mass is 10.1. The van der Waals surface area contributed by atoms with Gasteiger partial charge in [0.05, 0.1) is 17.1 Å². The summed E-state index contributed by atoms with van der Waals surface area (Å²) in [6.07, 6.45) is -3.77. The summed E-state index contributed by atoms with van der Waals surface area (Å²) in [4.78, 5) is 37.1. The molecule has 2 aliphatic heterocycles. The van der Waals surface area contributed by atoms with Gasteiger partial charge in [-0.15, -0.1) is 11.8 Å².